The first kappa shape index (κ1) is 13.2. The summed E-state index contributed by atoms with van der Waals surface area (Å²) >= 11 is 3.11. The monoisotopic (exact) mass is 311 g/mol. The van der Waals surface area contributed by atoms with Gasteiger partial charge in [-0.1, -0.05) is 12.1 Å². The van der Waals surface area contributed by atoms with Gasteiger partial charge < -0.3 is 5.73 Å². The van der Waals surface area contributed by atoms with Crippen LogP contribution >= 0.6 is 15.9 Å². The Morgan fingerprint density at radius 3 is 2.39 bits per heavy atom. The molecule has 94 valence electrons. The molecule has 0 fully saturated rings. The molecule has 0 saturated heterocycles. The van der Waals surface area contributed by atoms with E-state index in [1.807, 2.05) is 6.07 Å². The van der Waals surface area contributed by atoms with Gasteiger partial charge in [-0.15, -0.1) is 0 Å². The van der Waals surface area contributed by atoms with E-state index in [0.29, 0.717) is 10.0 Å². The Labute approximate surface area is 113 Å². The predicted octanol–water partition coefficient (Wildman–Crippen LogP) is 4.08. The molecule has 4 heteroatoms. The molecule has 2 aromatic carbocycles. The molecule has 0 aliphatic carbocycles. The Morgan fingerprint density at radius 1 is 1.06 bits per heavy atom. The zero-order valence-corrected chi connectivity index (χ0v) is 11.3. The summed E-state index contributed by atoms with van der Waals surface area (Å²) in [6.07, 6.45) is 0. The molecule has 2 rings (SSSR count). The van der Waals surface area contributed by atoms with Gasteiger partial charge in [0, 0.05) is 0 Å². The molecule has 0 heterocycles. The van der Waals surface area contributed by atoms with E-state index in [-0.39, 0.29) is 11.6 Å². The van der Waals surface area contributed by atoms with Crippen molar-refractivity contribution in [3.8, 4) is 0 Å². The Balaban J connectivity index is 2.40. The fraction of sp³-hybridized carbons (Fsp3) is 0.143. The molecular formula is C14H12BrF2N. The van der Waals surface area contributed by atoms with Crippen molar-refractivity contribution in [1.29, 1.82) is 0 Å². The summed E-state index contributed by atoms with van der Waals surface area (Å²) in [6.45, 7) is 1.81. The normalized spacial score (nSPS) is 12.5. The van der Waals surface area contributed by atoms with Crippen LogP contribution in [0.5, 0.6) is 0 Å². The Hall–Kier alpha value is -1.26. The highest BCUT2D eigenvalue weighted by molar-refractivity contribution is 9.10. The molecule has 0 spiro atoms. The summed E-state index contributed by atoms with van der Waals surface area (Å²) in [5.74, 6) is -0.664. The fourth-order valence-corrected chi connectivity index (χ4v) is 2.24. The van der Waals surface area contributed by atoms with Gasteiger partial charge in [0.1, 0.15) is 11.6 Å². The van der Waals surface area contributed by atoms with Gasteiger partial charge in [0.15, 0.2) is 0 Å². The zero-order valence-electron chi connectivity index (χ0n) is 9.75. The summed E-state index contributed by atoms with van der Waals surface area (Å²) in [4.78, 5) is 0. The molecule has 0 radical (unpaired) electrons. The molecule has 0 amide bonds. The van der Waals surface area contributed by atoms with E-state index in [4.69, 9.17) is 5.73 Å². The van der Waals surface area contributed by atoms with E-state index in [0.717, 1.165) is 11.1 Å². The van der Waals surface area contributed by atoms with Gasteiger partial charge in [0.25, 0.3) is 0 Å². The van der Waals surface area contributed by atoms with Gasteiger partial charge in [-0.2, -0.15) is 0 Å². The number of aryl methyl sites for hydroxylation is 1. The highest BCUT2D eigenvalue weighted by atomic mass is 79.9. The van der Waals surface area contributed by atoms with Crippen LogP contribution in [0.3, 0.4) is 0 Å². The lowest BCUT2D eigenvalue weighted by Gasteiger charge is -2.14. The second-order valence-electron chi connectivity index (χ2n) is 4.21. The minimum absolute atomic E-state index is 0.318. The van der Waals surface area contributed by atoms with Gasteiger partial charge in [0.2, 0.25) is 0 Å². The van der Waals surface area contributed by atoms with Crippen LogP contribution < -0.4 is 5.73 Å². The lowest BCUT2D eigenvalue weighted by molar-refractivity contribution is 0.617. The maximum absolute atomic E-state index is 13.3. The number of hydrogen-bond donors (Lipinski definition) is 1. The lowest BCUT2D eigenvalue weighted by atomic mass is 9.98. The third-order valence-electron chi connectivity index (χ3n) is 2.73. The molecule has 0 aromatic heterocycles. The summed E-state index contributed by atoms with van der Waals surface area (Å²) in [5, 5.41) is 0. The van der Waals surface area contributed by atoms with Crippen molar-refractivity contribution < 1.29 is 8.78 Å². The summed E-state index contributed by atoms with van der Waals surface area (Å²) in [5.41, 5.74) is 8.27. The Kier molecular flexibility index (Phi) is 3.78. The molecule has 1 unspecified atom stereocenters. The molecule has 0 aliphatic rings. The van der Waals surface area contributed by atoms with Crippen molar-refractivity contribution in [2.45, 2.75) is 13.0 Å². The van der Waals surface area contributed by atoms with Gasteiger partial charge in [-0.3, -0.25) is 0 Å². The second-order valence-corrected chi connectivity index (χ2v) is 5.07. The average Bonchev–Trinajstić information content (AvgIpc) is 2.30. The highest BCUT2D eigenvalue weighted by Gasteiger charge is 2.12. The van der Waals surface area contributed by atoms with Crippen LogP contribution in [-0.4, -0.2) is 0 Å². The maximum atomic E-state index is 13.3. The highest BCUT2D eigenvalue weighted by Crippen LogP contribution is 2.25. The van der Waals surface area contributed by atoms with Crippen molar-refractivity contribution in [3.05, 3.63) is 69.2 Å². The van der Waals surface area contributed by atoms with Crippen LogP contribution in [0.25, 0.3) is 0 Å². The molecule has 18 heavy (non-hydrogen) atoms. The van der Waals surface area contributed by atoms with Gasteiger partial charge in [0.05, 0.1) is 10.5 Å². The topological polar surface area (TPSA) is 26.0 Å². The van der Waals surface area contributed by atoms with Crippen LogP contribution in [-0.2, 0) is 0 Å². The van der Waals surface area contributed by atoms with Crippen molar-refractivity contribution in [2.24, 2.45) is 5.73 Å². The fourth-order valence-electron chi connectivity index (χ4n) is 1.84. The summed E-state index contributed by atoms with van der Waals surface area (Å²) < 4.78 is 26.8. The van der Waals surface area contributed by atoms with E-state index < -0.39 is 6.04 Å². The smallest absolute Gasteiger partial charge is 0.137 e. The standard InChI is InChI=1S/C14H12BrF2N/c1-8-4-10(6-11(16)5-8)14(18)9-2-3-13(17)12(15)7-9/h2-7,14H,18H2,1H3. The van der Waals surface area contributed by atoms with Crippen molar-refractivity contribution in [3.63, 3.8) is 0 Å². The van der Waals surface area contributed by atoms with Crippen LogP contribution in [0, 0.1) is 18.6 Å². The SMILES string of the molecule is Cc1cc(F)cc(C(N)c2ccc(F)c(Br)c2)c1. The number of halogens is 3. The van der Waals surface area contributed by atoms with Gasteiger partial charge in [-0.05, 0) is 63.8 Å². The zero-order chi connectivity index (χ0) is 13.3. The molecular weight excluding hydrogens is 300 g/mol. The average molecular weight is 312 g/mol. The number of benzene rings is 2. The molecule has 1 atom stereocenters. The van der Waals surface area contributed by atoms with Gasteiger partial charge >= 0.3 is 0 Å². The van der Waals surface area contributed by atoms with Gasteiger partial charge in [-0.25, -0.2) is 8.78 Å². The molecule has 0 saturated carbocycles. The Morgan fingerprint density at radius 2 is 1.78 bits per heavy atom. The van der Waals surface area contributed by atoms with Crippen LogP contribution in [0.1, 0.15) is 22.7 Å². The predicted molar refractivity (Wildman–Crippen MR) is 71.3 cm³/mol. The molecule has 1 nitrogen and oxygen atoms in total. The van der Waals surface area contributed by atoms with Crippen LogP contribution in [0.4, 0.5) is 8.78 Å². The molecule has 0 bridgehead atoms. The molecule has 0 aliphatic heterocycles. The Bertz CT molecular complexity index is 564. The first-order valence-corrected chi connectivity index (χ1v) is 6.24. The van der Waals surface area contributed by atoms with Crippen LogP contribution in [0.2, 0.25) is 0 Å². The van der Waals surface area contributed by atoms with E-state index in [9.17, 15) is 8.78 Å². The number of hydrogen-bond acceptors (Lipinski definition) is 1. The third kappa shape index (κ3) is 2.76. The van der Waals surface area contributed by atoms with E-state index in [2.05, 4.69) is 15.9 Å². The number of nitrogens with two attached hydrogens (primary N) is 1. The first-order valence-electron chi connectivity index (χ1n) is 5.45. The third-order valence-corrected chi connectivity index (χ3v) is 3.33. The van der Waals surface area contributed by atoms with Crippen molar-refractivity contribution in [2.75, 3.05) is 0 Å². The quantitative estimate of drug-likeness (QED) is 0.888. The lowest BCUT2D eigenvalue weighted by Crippen LogP contribution is -2.12. The van der Waals surface area contributed by atoms with Crippen molar-refractivity contribution >= 4 is 15.9 Å². The number of rotatable bonds is 2. The summed E-state index contributed by atoms with van der Waals surface area (Å²) in [6, 6.07) is 8.74. The van der Waals surface area contributed by atoms with Crippen LogP contribution in [0.15, 0.2) is 40.9 Å². The molecule has 2 N–H and O–H groups in total. The second kappa shape index (κ2) is 5.16. The van der Waals surface area contributed by atoms with Crippen molar-refractivity contribution in [1.82, 2.24) is 0 Å². The van der Waals surface area contributed by atoms with E-state index in [1.54, 1.807) is 19.1 Å². The van der Waals surface area contributed by atoms with E-state index in [1.165, 1.54) is 18.2 Å². The molecule has 2 aromatic rings. The largest absolute Gasteiger partial charge is 0.320 e. The minimum atomic E-state index is -0.476. The first-order chi connectivity index (χ1) is 8.47. The summed E-state index contributed by atoms with van der Waals surface area (Å²) in [7, 11) is 0. The van der Waals surface area contributed by atoms with E-state index >= 15 is 0 Å². The minimum Gasteiger partial charge on any atom is -0.320 e. The maximum Gasteiger partial charge on any atom is 0.137 e.